The highest BCUT2D eigenvalue weighted by atomic mass is 31.2. The van der Waals surface area contributed by atoms with Gasteiger partial charge in [0.15, 0.2) is 0 Å². The van der Waals surface area contributed by atoms with E-state index in [9.17, 15) is 4.57 Å². The lowest BCUT2D eigenvalue weighted by atomic mass is 9.91. The molecule has 24 heavy (non-hydrogen) atoms. The van der Waals surface area contributed by atoms with Crippen LogP contribution in [0.25, 0.3) is 0 Å². The Balaban J connectivity index is 3.58. The Morgan fingerprint density at radius 3 is 1.29 bits per heavy atom. The molecule has 2 N–H and O–H groups in total. The fourth-order valence-electron chi connectivity index (χ4n) is 3.33. The van der Waals surface area contributed by atoms with Crippen molar-refractivity contribution in [2.45, 2.75) is 98.8 Å². The van der Waals surface area contributed by atoms with Crippen LogP contribution in [-0.2, 0) is 4.57 Å². The van der Waals surface area contributed by atoms with Gasteiger partial charge >= 0.3 is 7.60 Å². The van der Waals surface area contributed by atoms with Gasteiger partial charge in [0.1, 0.15) is 0 Å². The minimum atomic E-state index is -3.81. The third kappa shape index (κ3) is 17.0. The maximum absolute atomic E-state index is 10.9. The number of rotatable bonds is 15. The summed E-state index contributed by atoms with van der Waals surface area (Å²) in [6, 6.07) is 0. The van der Waals surface area contributed by atoms with E-state index in [2.05, 4.69) is 34.6 Å². The van der Waals surface area contributed by atoms with Gasteiger partial charge in [-0.15, -0.1) is 0 Å². The molecule has 0 aromatic rings. The average Bonchev–Trinajstić information content (AvgIpc) is 2.44. The molecule has 0 bridgehead atoms. The smallest absolute Gasteiger partial charge is 0.324 e. The average molecular weight is 363 g/mol. The van der Waals surface area contributed by atoms with Crippen molar-refractivity contribution in [2.24, 2.45) is 23.7 Å². The largest absolute Gasteiger partial charge is 0.325 e. The summed E-state index contributed by atoms with van der Waals surface area (Å²) >= 11 is 0. The molecule has 0 spiro atoms. The van der Waals surface area contributed by atoms with Gasteiger partial charge in [-0.2, -0.15) is 0 Å². The van der Waals surface area contributed by atoms with Crippen molar-refractivity contribution in [2.75, 3.05) is 6.16 Å². The first-order valence-electron chi connectivity index (χ1n) is 10.1. The quantitative estimate of drug-likeness (QED) is 0.321. The molecule has 0 unspecified atom stereocenters. The first-order chi connectivity index (χ1) is 11.1. The van der Waals surface area contributed by atoms with Gasteiger partial charge in [-0.1, -0.05) is 92.4 Å². The van der Waals surface area contributed by atoms with Crippen LogP contribution in [0, 0.1) is 23.7 Å². The summed E-state index contributed by atoms with van der Waals surface area (Å²) in [5, 5.41) is 0. The summed E-state index contributed by atoms with van der Waals surface area (Å²) in [7, 11) is -3.81. The summed E-state index contributed by atoms with van der Waals surface area (Å²) in [6.45, 7) is 11.5. The highest BCUT2D eigenvalue weighted by molar-refractivity contribution is 7.51. The standard InChI is InChI=1S/C20H43O3P/c1-17(2)9-6-10-18(3)11-7-12-19(4)13-8-14-20(5)15-16-24(21,22)23/h17-20H,6-16H2,1-5H3,(H2,21,22,23)/t18-,19-,20+/m1/s1. The van der Waals surface area contributed by atoms with Gasteiger partial charge in [0.2, 0.25) is 0 Å². The molecule has 0 aliphatic carbocycles. The zero-order valence-electron chi connectivity index (χ0n) is 16.8. The zero-order chi connectivity index (χ0) is 18.6. The van der Waals surface area contributed by atoms with Gasteiger partial charge < -0.3 is 9.79 Å². The lowest BCUT2D eigenvalue weighted by molar-refractivity contribution is 0.358. The van der Waals surface area contributed by atoms with Crippen LogP contribution in [0.15, 0.2) is 0 Å². The summed E-state index contributed by atoms with van der Waals surface area (Å²) in [5.41, 5.74) is 0. The highest BCUT2D eigenvalue weighted by Gasteiger charge is 2.15. The molecule has 0 aromatic heterocycles. The second-order valence-corrected chi connectivity index (χ2v) is 10.5. The van der Waals surface area contributed by atoms with Crippen molar-refractivity contribution in [3.8, 4) is 0 Å². The molecule has 3 nitrogen and oxygen atoms in total. The van der Waals surface area contributed by atoms with Crippen LogP contribution in [0.2, 0.25) is 0 Å². The summed E-state index contributed by atoms with van der Waals surface area (Å²) < 4.78 is 10.9. The molecule has 0 saturated carbocycles. The van der Waals surface area contributed by atoms with Gasteiger partial charge in [-0.3, -0.25) is 4.57 Å². The maximum atomic E-state index is 10.9. The predicted octanol–water partition coefficient (Wildman–Crippen LogP) is 6.63. The Bertz CT molecular complexity index is 338. The third-order valence-corrected chi connectivity index (χ3v) is 6.02. The van der Waals surface area contributed by atoms with E-state index in [4.69, 9.17) is 9.79 Å². The van der Waals surface area contributed by atoms with E-state index in [0.717, 1.165) is 24.2 Å². The second-order valence-electron chi connectivity index (χ2n) is 8.68. The van der Waals surface area contributed by atoms with E-state index < -0.39 is 7.60 Å². The fourth-order valence-corrected chi connectivity index (χ4v) is 4.10. The predicted molar refractivity (Wildman–Crippen MR) is 105 cm³/mol. The van der Waals surface area contributed by atoms with Gasteiger partial charge in [-0.05, 0) is 30.1 Å². The molecule has 0 radical (unpaired) electrons. The second kappa shape index (κ2) is 13.4. The van der Waals surface area contributed by atoms with E-state index in [1.807, 2.05) is 0 Å². The van der Waals surface area contributed by atoms with Crippen molar-refractivity contribution in [1.82, 2.24) is 0 Å². The van der Waals surface area contributed by atoms with E-state index >= 15 is 0 Å². The molecule has 3 atom stereocenters. The molecule has 0 rings (SSSR count). The minimum absolute atomic E-state index is 0.0401. The zero-order valence-corrected chi connectivity index (χ0v) is 17.7. The number of hydrogen-bond donors (Lipinski definition) is 2. The molecule has 0 aliphatic rings. The molecular weight excluding hydrogens is 319 g/mol. The maximum Gasteiger partial charge on any atom is 0.325 e. The van der Waals surface area contributed by atoms with Crippen molar-refractivity contribution in [1.29, 1.82) is 0 Å². The molecule has 0 aliphatic heterocycles. The first-order valence-corrected chi connectivity index (χ1v) is 11.9. The van der Waals surface area contributed by atoms with Crippen molar-refractivity contribution in [3.63, 3.8) is 0 Å². The molecule has 146 valence electrons. The fraction of sp³-hybridized carbons (Fsp3) is 1.00. The van der Waals surface area contributed by atoms with Crippen LogP contribution in [0.3, 0.4) is 0 Å². The molecule has 0 aromatic carbocycles. The van der Waals surface area contributed by atoms with Crippen LogP contribution in [0.4, 0.5) is 0 Å². The van der Waals surface area contributed by atoms with Crippen LogP contribution in [0.5, 0.6) is 0 Å². The Labute approximate surface area is 151 Å². The molecule has 0 fully saturated rings. The molecule has 4 heteroatoms. The minimum Gasteiger partial charge on any atom is -0.324 e. The van der Waals surface area contributed by atoms with Gasteiger partial charge in [-0.25, -0.2) is 0 Å². The van der Waals surface area contributed by atoms with Gasteiger partial charge in [0.05, 0.1) is 6.16 Å². The SMILES string of the molecule is CC(C)CCC[C@@H](C)CCC[C@@H](C)CCC[C@H](C)CCP(=O)(O)O. The monoisotopic (exact) mass is 362 g/mol. The molecule has 0 heterocycles. The van der Waals surface area contributed by atoms with E-state index in [1.54, 1.807) is 0 Å². The van der Waals surface area contributed by atoms with Crippen molar-refractivity contribution < 1.29 is 14.4 Å². The van der Waals surface area contributed by atoms with Gasteiger partial charge in [0.25, 0.3) is 0 Å². The van der Waals surface area contributed by atoms with Crippen LogP contribution >= 0.6 is 7.60 Å². The Hall–Kier alpha value is 0.150. The van der Waals surface area contributed by atoms with Crippen LogP contribution < -0.4 is 0 Å². The third-order valence-electron chi connectivity index (χ3n) is 5.18. The van der Waals surface area contributed by atoms with Gasteiger partial charge in [0, 0.05) is 0 Å². The Morgan fingerprint density at radius 2 is 0.958 bits per heavy atom. The molecule has 0 saturated heterocycles. The highest BCUT2D eigenvalue weighted by Crippen LogP contribution is 2.36. The normalized spacial score (nSPS) is 16.3. The lowest BCUT2D eigenvalue weighted by Crippen LogP contribution is -2.02. The Morgan fingerprint density at radius 1 is 0.625 bits per heavy atom. The Kier molecular flexibility index (Phi) is 13.5. The first kappa shape index (κ1) is 24.1. The van der Waals surface area contributed by atoms with Crippen molar-refractivity contribution in [3.05, 3.63) is 0 Å². The number of hydrogen-bond acceptors (Lipinski definition) is 1. The van der Waals surface area contributed by atoms with Crippen molar-refractivity contribution >= 4 is 7.60 Å². The van der Waals surface area contributed by atoms with Crippen LogP contribution in [0.1, 0.15) is 98.8 Å². The van der Waals surface area contributed by atoms with Crippen LogP contribution in [-0.4, -0.2) is 15.9 Å². The molecule has 0 amide bonds. The topological polar surface area (TPSA) is 57.5 Å². The lowest BCUT2D eigenvalue weighted by Gasteiger charge is -2.16. The molecular formula is C20H43O3P. The van der Waals surface area contributed by atoms with E-state index in [0.29, 0.717) is 12.3 Å². The summed E-state index contributed by atoms with van der Waals surface area (Å²) in [4.78, 5) is 17.8. The van der Waals surface area contributed by atoms with E-state index in [1.165, 1.54) is 51.4 Å². The summed E-state index contributed by atoms with van der Waals surface area (Å²) in [5.74, 6) is 2.90. The summed E-state index contributed by atoms with van der Waals surface area (Å²) in [6.07, 6.45) is 12.4. The van der Waals surface area contributed by atoms with E-state index in [-0.39, 0.29) is 6.16 Å².